The Labute approximate surface area is 169 Å². The van der Waals surface area contributed by atoms with Crippen molar-refractivity contribution in [2.75, 3.05) is 19.6 Å². The van der Waals surface area contributed by atoms with Gasteiger partial charge in [-0.2, -0.15) is 0 Å². The van der Waals surface area contributed by atoms with Crippen molar-refractivity contribution in [3.8, 4) is 0 Å². The van der Waals surface area contributed by atoms with Crippen LogP contribution in [-0.4, -0.2) is 36.3 Å². The summed E-state index contributed by atoms with van der Waals surface area (Å²) in [6.07, 6.45) is 8.63. The number of hydrogen-bond acceptors (Lipinski definition) is 4. The number of esters is 1. The topological polar surface area (TPSA) is 46.6 Å². The van der Waals surface area contributed by atoms with Crippen LogP contribution in [0.2, 0.25) is 0 Å². The lowest BCUT2D eigenvalue weighted by molar-refractivity contribution is -0.164. The standard InChI is InChI=1S/C22H31NO3.ClH/c24-20-12-6-7-13-22(20,14-17-23-15-8-1-2-9-16-23)21(25)26-18-19-10-4-3-5-11-19;/h3-5,10-11H,1-2,6-9,12-18H2;1H. The summed E-state index contributed by atoms with van der Waals surface area (Å²) < 4.78 is 5.63. The van der Waals surface area contributed by atoms with Gasteiger partial charge in [0.15, 0.2) is 0 Å². The summed E-state index contributed by atoms with van der Waals surface area (Å²) in [7, 11) is 0. The lowest BCUT2D eigenvalue weighted by Crippen LogP contribution is -2.45. The number of benzene rings is 1. The highest BCUT2D eigenvalue weighted by molar-refractivity contribution is 6.04. The predicted molar refractivity (Wildman–Crippen MR) is 109 cm³/mol. The van der Waals surface area contributed by atoms with Crippen LogP contribution in [-0.2, 0) is 20.9 Å². The van der Waals surface area contributed by atoms with Gasteiger partial charge in [0, 0.05) is 6.42 Å². The van der Waals surface area contributed by atoms with Crippen molar-refractivity contribution < 1.29 is 14.3 Å². The predicted octanol–water partition coefficient (Wildman–Crippen LogP) is 4.55. The highest BCUT2D eigenvalue weighted by atomic mass is 35.5. The van der Waals surface area contributed by atoms with Crippen LogP contribution >= 0.6 is 12.4 Å². The molecule has 0 spiro atoms. The maximum atomic E-state index is 13.0. The molecule has 0 bridgehead atoms. The molecular weight excluding hydrogens is 362 g/mol. The maximum Gasteiger partial charge on any atom is 0.320 e. The average molecular weight is 394 g/mol. The first-order valence-electron chi connectivity index (χ1n) is 10.2. The van der Waals surface area contributed by atoms with E-state index in [0.717, 1.165) is 38.0 Å². The third-order valence-corrected chi connectivity index (χ3v) is 5.95. The van der Waals surface area contributed by atoms with E-state index in [1.54, 1.807) is 0 Å². The van der Waals surface area contributed by atoms with Crippen molar-refractivity contribution in [3.63, 3.8) is 0 Å². The van der Waals surface area contributed by atoms with Crippen LogP contribution in [0.4, 0.5) is 0 Å². The Balaban J connectivity index is 0.00000261. The first-order valence-corrected chi connectivity index (χ1v) is 10.2. The number of Topliss-reactive ketones (excluding diaryl/α,β-unsaturated/α-hetero) is 1. The lowest BCUT2D eigenvalue weighted by atomic mass is 9.70. The molecular formula is C22H32ClNO3. The molecule has 1 aromatic carbocycles. The van der Waals surface area contributed by atoms with E-state index in [1.807, 2.05) is 30.3 Å². The second-order valence-corrected chi connectivity index (χ2v) is 7.78. The molecule has 1 atom stereocenters. The van der Waals surface area contributed by atoms with Crippen molar-refractivity contribution in [2.24, 2.45) is 5.41 Å². The average Bonchev–Trinajstić information content (AvgIpc) is 2.95. The Morgan fingerprint density at radius 3 is 2.37 bits per heavy atom. The third-order valence-electron chi connectivity index (χ3n) is 5.95. The molecule has 0 radical (unpaired) electrons. The normalized spacial score (nSPS) is 23.9. The van der Waals surface area contributed by atoms with Crippen LogP contribution in [0.25, 0.3) is 0 Å². The fourth-order valence-corrected chi connectivity index (χ4v) is 4.24. The molecule has 2 fully saturated rings. The zero-order chi connectivity index (χ0) is 18.2. The van der Waals surface area contributed by atoms with Gasteiger partial charge in [-0.05, 0) is 57.3 Å². The van der Waals surface area contributed by atoms with Gasteiger partial charge in [-0.1, -0.05) is 49.6 Å². The lowest BCUT2D eigenvalue weighted by Gasteiger charge is -2.35. The van der Waals surface area contributed by atoms with Gasteiger partial charge in [-0.3, -0.25) is 9.59 Å². The molecule has 4 nitrogen and oxygen atoms in total. The van der Waals surface area contributed by atoms with Gasteiger partial charge in [0.05, 0.1) is 0 Å². The summed E-state index contributed by atoms with van der Waals surface area (Å²) in [5, 5.41) is 0. The van der Waals surface area contributed by atoms with E-state index >= 15 is 0 Å². The number of rotatable bonds is 6. The fraction of sp³-hybridized carbons (Fsp3) is 0.636. The van der Waals surface area contributed by atoms with Crippen LogP contribution in [0, 0.1) is 5.41 Å². The molecule has 0 N–H and O–H groups in total. The number of nitrogens with zero attached hydrogens (tertiary/aromatic N) is 1. The molecule has 3 rings (SSSR count). The fourth-order valence-electron chi connectivity index (χ4n) is 4.24. The Hall–Kier alpha value is -1.39. The molecule has 27 heavy (non-hydrogen) atoms. The minimum absolute atomic E-state index is 0. The van der Waals surface area contributed by atoms with Gasteiger partial charge < -0.3 is 9.64 Å². The highest BCUT2D eigenvalue weighted by Gasteiger charge is 2.47. The Kier molecular flexibility index (Phi) is 8.78. The van der Waals surface area contributed by atoms with Crippen molar-refractivity contribution in [3.05, 3.63) is 35.9 Å². The SMILES string of the molecule is Cl.O=C1CCCCC1(CCN1CCCCCC1)C(=O)OCc1ccccc1. The molecule has 1 aromatic rings. The monoisotopic (exact) mass is 393 g/mol. The molecule has 1 unspecified atom stereocenters. The van der Waals surface area contributed by atoms with Gasteiger partial charge in [-0.25, -0.2) is 0 Å². The smallest absolute Gasteiger partial charge is 0.320 e. The highest BCUT2D eigenvalue weighted by Crippen LogP contribution is 2.38. The zero-order valence-corrected chi connectivity index (χ0v) is 17.0. The van der Waals surface area contributed by atoms with Crippen LogP contribution in [0.15, 0.2) is 30.3 Å². The minimum atomic E-state index is -0.917. The number of hydrogen-bond donors (Lipinski definition) is 0. The summed E-state index contributed by atoms with van der Waals surface area (Å²) >= 11 is 0. The molecule has 1 aliphatic carbocycles. The van der Waals surface area contributed by atoms with E-state index in [1.165, 1.54) is 25.7 Å². The van der Waals surface area contributed by atoms with Crippen LogP contribution in [0.3, 0.4) is 0 Å². The summed E-state index contributed by atoms with van der Waals surface area (Å²) in [5.74, 6) is -0.211. The van der Waals surface area contributed by atoms with Crippen LogP contribution < -0.4 is 0 Å². The Morgan fingerprint density at radius 1 is 1.00 bits per heavy atom. The molecule has 5 heteroatoms. The largest absolute Gasteiger partial charge is 0.460 e. The van der Waals surface area contributed by atoms with Crippen molar-refractivity contribution >= 4 is 24.2 Å². The van der Waals surface area contributed by atoms with E-state index in [9.17, 15) is 9.59 Å². The first-order chi connectivity index (χ1) is 12.7. The molecule has 1 saturated carbocycles. The Bertz CT molecular complexity index is 599. The molecule has 0 amide bonds. The first kappa shape index (κ1) is 21.9. The van der Waals surface area contributed by atoms with Crippen molar-refractivity contribution in [1.29, 1.82) is 0 Å². The molecule has 1 aliphatic heterocycles. The van der Waals surface area contributed by atoms with Gasteiger partial charge >= 0.3 is 5.97 Å². The second-order valence-electron chi connectivity index (χ2n) is 7.78. The summed E-state index contributed by atoms with van der Waals surface area (Å²) in [6, 6.07) is 9.70. The number of ether oxygens (including phenoxy) is 1. The van der Waals surface area contributed by atoms with Gasteiger partial charge in [0.25, 0.3) is 0 Å². The quantitative estimate of drug-likeness (QED) is 0.525. The number of halogens is 1. The molecule has 1 heterocycles. The minimum Gasteiger partial charge on any atom is -0.460 e. The summed E-state index contributed by atoms with van der Waals surface area (Å²) in [5.41, 5.74) is 0.0473. The maximum absolute atomic E-state index is 13.0. The van der Waals surface area contributed by atoms with Crippen molar-refractivity contribution in [1.82, 2.24) is 4.90 Å². The van der Waals surface area contributed by atoms with Crippen LogP contribution in [0.5, 0.6) is 0 Å². The van der Waals surface area contributed by atoms with E-state index in [4.69, 9.17) is 4.74 Å². The number of ketones is 1. The van der Waals surface area contributed by atoms with Gasteiger partial charge in [0.1, 0.15) is 17.8 Å². The molecule has 150 valence electrons. The van der Waals surface area contributed by atoms with Crippen LogP contribution in [0.1, 0.15) is 63.4 Å². The number of carbonyl (C=O) groups is 2. The second kappa shape index (κ2) is 10.8. The van der Waals surface area contributed by atoms with E-state index in [2.05, 4.69) is 4.90 Å². The third kappa shape index (κ3) is 5.79. The number of likely N-dealkylation sites (tertiary alicyclic amines) is 1. The van der Waals surface area contributed by atoms with Gasteiger partial charge in [-0.15, -0.1) is 12.4 Å². The van der Waals surface area contributed by atoms with E-state index < -0.39 is 5.41 Å². The molecule has 1 saturated heterocycles. The number of carbonyl (C=O) groups excluding carboxylic acids is 2. The van der Waals surface area contributed by atoms with Gasteiger partial charge in [0.2, 0.25) is 0 Å². The van der Waals surface area contributed by atoms with E-state index in [-0.39, 0.29) is 30.8 Å². The molecule has 0 aromatic heterocycles. The van der Waals surface area contributed by atoms with E-state index in [0.29, 0.717) is 19.3 Å². The van der Waals surface area contributed by atoms with Crippen molar-refractivity contribution in [2.45, 2.75) is 64.4 Å². The molecule has 2 aliphatic rings. The summed E-state index contributed by atoms with van der Waals surface area (Å²) in [4.78, 5) is 28.2. The zero-order valence-electron chi connectivity index (χ0n) is 16.2. The summed E-state index contributed by atoms with van der Waals surface area (Å²) in [6.45, 7) is 3.25. The Morgan fingerprint density at radius 2 is 1.70 bits per heavy atom.